The minimum absolute atomic E-state index is 0.0957. The summed E-state index contributed by atoms with van der Waals surface area (Å²) >= 11 is 0. The van der Waals surface area contributed by atoms with Crippen molar-refractivity contribution >= 4 is 34.4 Å². The lowest BCUT2D eigenvalue weighted by Gasteiger charge is -2.17. The minimum Gasteiger partial charge on any atom is -0.330 e. The highest BCUT2D eigenvalue weighted by atomic mass is 16.1. The molecule has 3 aromatic carbocycles. The number of hydrogen-bond acceptors (Lipinski definition) is 3. The van der Waals surface area contributed by atoms with E-state index in [4.69, 9.17) is 0 Å². The summed E-state index contributed by atoms with van der Waals surface area (Å²) in [5.74, 6) is -0.0957. The quantitative estimate of drug-likeness (QED) is 0.781. The van der Waals surface area contributed by atoms with Crippen LogP contribution in [-0.4, -0.2) is 25.3 Å². The first-order valence-electron chi connectivity index (χ1n) is 8.39. The van der Waals surface area contributed by atoms with Crippen LogP contribution in [0.1, 0.15) is 15.9 Å². The number of hydrogen-bond donors (Lipinski definition) is 1. The van der Waals surface area contributed by atoms with Gasteiger partial charge in [-0.1, -0.05) is 42.0 Å². The maximum absolute atomic E-state index is 12.8. The third kappa shape index (κ3) is 2.98. The molecular weight excluding hydrogens is 310 g/mol. The molecule has 0 spiro atoms. The van der Waals surface area contributed by atoms with E-state index in [1.54, 1.807) is 0 Å². The molecule has 0 radical (unpaired) electrons. The molecule has 0 fully saturated rings. The van der Waals surface area contributed by atoms with Crippen molar-refractivity contribution in [2.24, 2.45) is 4.99 Å². The van der Waals surface area contributed by atoms with Crippen LogP contribution in [0.15, 0.2) is 65.7 Å². The Hall–Kier alpha value is -3.14. The Balaban J connectivity index is 1.72. The van der Waals surface area contributed by atoms with E-state index in [-0.39, 0.29) is 5.91 Å². The highest BCUT2D eigenvalue weighted by Gasteiger charge is 2.15. The molecule has 1 N–H and O–H groups in total. The van der Waals surface area contributed by atoms with E-state index >= 15 is 0 Å². The normalized spacial score (nSPS) is 13.4. The van der Waals surface area contributed by atoms with Crippen LogP contribution in [-0.2, 0) is 0 Å². The molecule has 4 rings (SSSR count). The van der Waals surface area contributed by atoms with Crippen LogP contribution < -0.4 is 10.2 Å². The lowest BCUT2D eigenvalue weighted by molar-refractivity contribution is 0.102. The number of nitrogens with one attached hydrogen (secondary N) is 1. The standard InChI is InChI=1S/C21H19N3O/c1-15-8-10-16(11-9-15)23-21(25)19-6-2-5-18-17(19)4-3-7-20(18)24-13-12-22-14-24/h2-11,14H,12-13H2,1H3,(H,23,25). The first kappa shape index (κ1) is 15.4. The number of carbonyl (C=O) groups excluding carboxylic acids is 1. The van der Waals surface area contributed by atoms with Gasteiger partial charge in [-0.2, -0.15) is 0 Å². The second-order valence-corrected chi connectivity index (χ2v) is 6.21. The monoisotopic (exact) mass is 329 g/mol. The van der Waals surface area contributed by atoms with Crippen molar-refractivity contribution in [2.75, 3.05) is 23.3 Å². The summed E-state index contributed by atoms with van der Waals surface area (Å²) in [4.78, 5) is 19.2. The van der Waals surface area contributed by atoms with Crippen molar-refractivity contribution in [3.05, 3.63) is 71.8 Å². The zero-order valence-corrected chi connectivity index (χ0v) is 14.1. The van der Waals surface area contributed by atoms with Crippen LogP contribution in [0, 0.1) is 6.92 Å². The van der Waals surface area contributed by atoms with E-state index in [9.17, 15) is 4.79 Å². The maximum Gasteiger partial charge on any atom is 0.256 e. The van der Waals surface area contributed by atoms with E-state index in [0.717, 1.165) is 35.2 Å². The second-order valence-electron chi connectivity index (χ2n) is 6.21. The smallest absolute Gasteiger partial charge is 0.256 e. The largest absolute Gasteiger partial charge is 0.330 e. The Morgan fingerprint density at radius 1 is 1.00 bits per heavy atom. The predicted molar refractivity (Wildman–Crippen MR) is 104 cm³/mol. The molecule has 0 bridgehead atoms. The molecule has 0 aliphatic carbocycles. The van der Waals surface area contributed by atoms with Crippen molar-refractivity contribution < 1.29 is 4.79 Å². The van der Waals surface area contributed by atoms with Gasteiger partial charge in [0, 0.05) is 28.9 Å². The van der Waals surface area contributed by atoms with Crippen molar-refractivity contribution in [3.63, 3.8) is 0 Å². The van der Waals surface area contributed by atoms with Gasteiger partial charge < -0.3 is 10.2 Å². The molecule has 0 unspecified atom stereocenters. The first-order valence-corrected chi connectivity index (χ1v) is 8.39. The molecule has 1 heterocycles. The van der Waals surface area contributed by atoms with E-state index in [1.807, 2.05) is 61.8 Å². The number of aliphatic imine (C=N–C) groups is 1. The zero-order valence-electron chi connectivity index (χ0n) is 14.1. The van der Waals surface area contributed by atoms with E-state index in [0.29, 0.717) is 5.56 Å². The maximum atomic E-state index is 12.8. The first-order chi connectivity index (χ1) is 12.2. The Kier molecular flexibility index (Phi) is 3.94. The molecule has 1 amide bonds. The van der Waals surface area contributed by atoms with E-state index in [1.165, 1.54) is 5.56 Å². The Morgan fingerprint density at radius 3 is 2.52 bits per heavy atom. The summed E-state index contributed by atoms with van der Waals surface area (Å²) in [6, 6.07) is 19.7. The van der Waals surface area contributed by atoms with Gasteiger partial charge in [0.05, 0.1) is 12.9 Å². The molecular formula is C21H19N3O. The van der Waals surface area contributed by atoms with Gasteiger partial charge in [0.1, 0.15) is 0 Å². The highest BCUT2D eigenvalue weighted by molar-refractivity contribution is 6.15. The zero-order chi connectivity index (χ0) is 17.2. The SMILES string of the molecule is Cc1ccc(NC(=O)c2cccc3c(N4C=NCC4)cccc23)cc1. The molecule has 3 aromatic rings. The van der Waals surface area contributed by atoms with E-state index < -0.39 is 0 Å². The number of rotatable bonds is 3. The number of benzene rings is 3. The van der Waals surface area contributed by atoms with Crippen LogP contribution in [0.25, 0.3) is 10.8 Å². The number of nitrogens with zero attached hydrogens (tertiary/aromatic N) is 2. The van der Waals surface area contributed by atoms with Crippen molar-refractivity contribution in [1.29, 1.82) is 0 Å². The lowest BCUT2D eigenvalue weighted by atomic mass is 10.0. The average Bonchev–Trinajstić information content (AvgIpc) is 3.17. The molecule has 1 aliphatic heterocycles. The van der Waals surface area contributed by atoms with Gasteiger partial charge in [-0.15, -0.1) is 0 Å². The van der Waals surface area contributed by atoms with Crippen LogP contribution in [0.5, 0.6) is 0 Å². The molecule has 0 saturated carbocycles. The van der Waals surface area contributed by atoms with Gasteiger partial charge in [-0.3, -0.25) is 9.79 Å². The molecule has 0 atom stereocenters. The van der Waals surface area contributed by atoms with Crippen LogP contribution in [0.3, 0.4) is 0 Å². The Morgan fingerprint density at radius 2 is 1.76 bits per heavy atom. The summed E-state index contributed by atoms with van der Waals surface area (Å²) in [6.07, 6.45) is 1.87. The summed E-state index contributed by atoms with van der Waals surface area (Å²) in [5, 5.41) is 5.00. The Bertz CT molecular complexity index is 961. The van der Waals surface area contributed by atoms with Gasteiger partial charge in [-0.05, 0) is 36.6 Å². The molecule has 124 valence electrons. The van der Waals surface area contributed by atoms with Gasteiger partial charge in [-0.25, -0.2) is 0 Å². The molecule has 4 heteroatoms. The molecule has 0 saturated heterocycles. The van der Waals surface area contributed by atoms with Gasteiger partial charge >= 0.3 is 0 Å². The topological polar surface area (TPSA) is 44.7 Å². The number of aryl methyl sites for hydroxylation is 1. The number of fused-ring (bicyclic) bond motifs is 1. The fourth-order valence-corrected chi connectivity index (χ4v) is 3.14. The van der Waals surface area contributed by atoms with Crippen molar-refractivity contribution in [2.45, 2.75) is 6.92 Å². The third-order valence-electron chi connectivity index (χ3n) is 4.45. The van der Waals surface area contributed by atoms with Crippen LogP contribution in [0.4, 0.5) is 11.4 Å². The fraction of sp³-hybridized carbons (Fsp3) is 0.143. The number of carbonyl (C=O) groups is 1. The third-order valence-corrected chi connectivity index (χ3v) is 4.45. The molecule has 0 aromatic heterocycles. The summed E-state index contributed by atoms with van der Waals surface area (Å²) < 4.78 is 0. The number of anilines is 2. The Labute approximate surface area is 146 Å². The highest BCUT2D eigenvalue weighted by Crippen LogP contribution is 2.29. The lowest BCUT2D eigenvalue weighted by Crippen LogP contribution is -2.18. The van der Waals surface area contributed by atoms with Gasteiger partial charge in [0.15, 0.2) is 0 Å². The van der Waals surface area contributed by atoms with Gasteiger partial charge in [0.25, 0.3) is 5.91 Å². The molecule has 1 aliphatic rings. The van der Waals surface area contributed by atoms with Crippen molar-refractivity contribution in [3.8, 4) is 0 Å². The van der Waals surface area contributed by atoms with Gasteiger partial charge in [0.2, 0.25) is 0 Å². The minimum atomic E-state index is -0.0957. The molecule has 25 heavy (non-hydrogen) atoms. The molecule has 4 nitrogen and oxygen atoms in total. The van der Waals surface area contributed by atoms with Crippen LogP contribution in [0.2, 0.25) is 0 Å². The predicted octanol–water partition coefficient (Wildman–Crippen LogP) is 4.25. The summed E-state index contributed by atoms with van der Waals surface area (Å²) in [6.45, 7) is 3.71. The fourth-order valence-electron chi connectivity index (χ4n) is 3.14. The van der Waals surface area contributed by atoms with Crippen molar-refractivity contribution in [1.82, 2.24) is 0 Å². The number of amides is 1. The van der Waals surface area contributed by atoms with E-state index in [2.05, 4.69) is 27.3 Å². The second kappa shape index (κ2) is 6.40. The summed E-state index contributed by atoms with van der Waals surface area (Å²) in [7, 11) is 0. The summed E-state index contributed by atoms with van der Waals surface area (Å²) in [5.41, 5.74) is 3.73. The van der Waals surface area contributed by atoms with Crippen LogP contribution >= 0.6 is 0 Å². The average molecular weight is 329 g/mol.